The van der Waals surface area contributed by atoms with Crippen LogP contribution in [0, 0.1) is 0 Å². The number of nitrogens with zero attached hydrogens (tertiary/aromatic N) is 3. The second kappa shape index (κ2) is 8.95. The largest absolute Gasteiger partial charge is 0.497 e. The maximum atomic E-state index is 13.0. The van der Waals surface area contributed by atoms with Crippen molar-refractivity contribution < 1.29 is 22.7 Å². The minimum atomic E-state index is -4.54. The number of amides is 1. The second-order valence-electron chi connectivity index (χ2n) is 6.88. The predicted octanol–water partition coefficient (Wildman–Crippen LogP) is 5.87. The molecule has 0 aliphatic carbocycles. The molecule has 1 aromatic heterocycles. The van der Waals surface area contributed by atoms with Gasteiger partial charge in [0.15, 0.2) is 5.82 Å². The first-order valence-electron chi connectivity index (χ1n) is 9.61. The van der Waals surface area contributed by atoms with Crippen molar-refractivity contribution in [2.45, 2.75) is 6.18 Å². The van der Waals surface area contributed by atoms with Gasteiger partial charge < -0.3 is 10.1 Å². The second-order valence-corrected chi connectivity index (χ2v) is 7.29. The van der Waals surface area contributed by atoms with Gasteiger partial charge in [0.2, 0.25) is 5.82 Å². The number of carbonyl (C=O) groups excluding carboxylic acids is 1. The number of anilines is 1. The van der Waals surface area contributed by atoms with E-state index in [1.165, 1.54) is 23.9 Å². The maximum absolute atomic E-state index is 13.0. The van der Waals surface area contributed by atoms with Crippen molar-refractivity contribution in [3.8, 4) is 22.8 Å². The highest BCUT2D eigenvalue weighted by Gasteiger charge is 2.30. The fourth-order valence-corrected chi connectivity index (χ4v) is 3.30. The fourth-order valence-electron chi connectivity index (χ4n) is 3.09. The highest BCUT2D eigenvalue weighted by Crippen LogP contribution is 2.31. The zero-order valence-electron chi connectivity index (χ0n) is 17.1. The van der Waals surface area contributed by atoms with Crippen LogP contribution in [0.5, 0.6) is 5.75 Å². The third-order valence-corrected chi connectivity index (χ3v) is 5.01. The van der Waals surface area contributed by atoms with E-state index in [1.54, 1.807) is 48.5 Å². The van der Waals surface area contributed by atoms with E-state index in [-0.39, 0.29) is 11.5 Å². The van der Waals surface area contributed by atoms with Gasteiger partial charge in [-0.3, -0.25) is 4.79 Å². The van der Waals surface area contributed by atoms with Crippen molar-refractivity contribution >= 4 is 23.2 Å². The molecule has 1 N–H and O–H groups in total. The molecular weight excluding hydrogens is 457 g/mol. The number of aromatic nitrogens is 3. The van der Waals surface area contributed by atoms with Crippen LogP contribution in [0.1, 0.15) is 16.2 Å². The fraction of sp³-hybridized carbons (Fsp3) is 0.0870. The van der Waals surface area contributed by atoms with Crippen LogP contribution in [0.15, 0.2) is 72.8 Å². The predicted molar refractivity (Wildman–Crippen MR) is 118 cm³/mol. The zero-order valence-corrected chi connectivity index (χ0v) is 17.9. The molecule has 6 nitrogen and oxygen atoms in total. The van der Waals surface area contributed by atoms with E-state index in [4.69, 9.17) is 16.3 Å². The highest BCUT2D eigenvalue weighted by molar-refractivity contribution is 6.32. The lowest BCUT2D eigenvalue weighted by Gasteiger charge is -2.09. The number of hydrogen-bond donors (Lipinski definition) is 1. The van der Waals surface area contributed by atoms with Crippen LogP contribution in [-0.4, -0.2) is 27.8 Å². The summed E-state index contributed by atoms with van der Waals surface area (Å²) in [6.45, 7) is 0. The van der Waals surface area contributed by atoms with Crippen LogP contribution in [-0.2, 0) is 6.18 Å². The number of halogens is 4. The SMILES string of the molecule is COc1ccc(-c2nc(C(=O)Nc3cccc(C(F)(F)F)c3)nn2-c2ccccc2Cl)cc1. The number of carbonyl (C=O) groups is 1. The first-order chi connectivity index (χ1) is 15.8. The maximum Gasteiger partial charge on any atom is 0.416 e. The lowest BCUT2D eigenvalue weighted by atomic mass is 10.2. The molecule has 168 valence electrons. The molecule has 4 rings (SSSR count). The number of nitrogens with one attached hydrogen (secondary N) is 1. The number of methoxy groups -OCH3 is 1. The molecule has 0 fully saturated rings. The summed E-state index contributed by atoms with van der Waals surface area (Å²) < 4.78 is 45.6. The van der Waals surface area contributed by atoms with Gasteiger partial charge in [-0.05, 0) is 54.6 Å². The third kappa shape index (κ3) is 4.83. The van der Waals surface area contributed by atoms with Crippen LogP contribution < -0.4 is 10.1 Å². The van der Waals surface area contributed by atoms with Crippen LogP contribution >= 0.6 is 11.6 Å². The lowest BCUT2D eigenvalue weighted by molar-refractivity contribution is -0.137. The minimum Gasteiger partial charge on any atom is -0.497 e. The molecule has 0 spiro atoms. The molecule has 0 aliphatic heterocycles. The van der Waals surface area contributed by atoms with Gasteiger partial charge in [0, 0.05) is 11.3 Å². The number of para-hydroxylation sites is 1. The van der Waals surface area contributed by atoms with Crippen LogP contribution in [0.25, 0.3) is 17.1 Å². The van der Waals surface area contributed by atoms with Gasteiger partial charge in [0.1, 0.15) is 5.75 Å². The Bertz CT molecular complexity index is 1300. The molecule has 0 atom stereocenters. The average molecular weight is 473 g/mol. The molecule has 10 heteroatoms. The van der Waals surface area contributed by atoms with Crippen LogP contribution in [0.2, 0.25) is 5.02 Å². The zero-order chi connectivity index (χ0) is 23.6. The molecule has 0 aliphatic rings. The summed E-state index contributed by atoms with van der Waals surface area (Å²) in [6.07, 6.45) is -4.54. The van der Waals surface area contributed by atoms with E-state index < -0.39 is 17.6 Å². The first kappa shape index (κ1) is 22.3. The van der Waals surface area contributed by atoms with Gasteiger partial charge in [-0.25, -0.2) is 9.67 Å². The molecule has 4 aromatic rings. The van der Waals surface area contributed by atoms with Crippen molar-refractivity contribution in [3.63, 3.8) is 0 Å². The number of alkyl halides is 3. The number of hydrogen-bond acceptors (Lipinski definition) is 4. The molecule has 0 radical (unpaired) electrons. The van der Waals surface area contributed by atoms with E-state index in [0.717, 1.165) is 12.1 Å². The molecule has 1 amide bonds. The molecule has 3 aromatic carbocycles. The molecule has 0 saturated heterocycles. The summed E-state index contributed by atoms with van der Waals surface area (Å²) >= 11 is 6.33. The number of benzene rings is 3. The van der Waals surface area contributed by atoms with Gasteiger partial charge in [-0.2, -0.15) is 13.2 Å². The minimum absolute atomic E-state index is 0.0325. The Hall–Kier alpha value is -3.85. The summed E-state index contributed by atoms with van der Waals surface area (Å²) in [5, 5.41) is 7.08. The highest BCUT2D eigenvalue weighted by atomic mass is 35.5. The molecular formula is C23H16ClF3N4O2. The quantitative estimate of drug-likeness (QED) is 0.394. The third-order valence-electron chi connectivity index (χ3n) is 4.69. The van der Waals surface area contributed by atoms with E-state index >= 15 is 0 Å². The van der Waals surface area contributed by atoms with E-state index in [2.05, 4.69) is 15.4 Å². The number of ether oxygens (including phenoxy) is 1. The van der Waals surface area contributed by atoms with Crippen molar-refractivity contribution in [2.75, 3.05) is 12.4 Å². The Labute approximate surface area is 191 Å². The summed E-state index contributed by atoms with van der Waals surface area (Å²) in [7, 11) is 1.54. The Balaban J connectivity index is 1.73. The van der Waals surface area contributed by atoms with Gasteiger partial charge in [-0.1, -0.05) is 29.8 Å². The number of rotatable bonds is 5. The molecule has 0 saturated carbocycles. The normalized spacial score (nSPS) is 11.3. The van der Waals surface area contributed by atoms with Crippen LogP contribution in [0.4, 0.5) is 18.9 Å². The van der Waals surface area contributed by atoms with Gasteiger partial charge >= 0.3 is 6.18 Å². The summed E-state index contributed by atoms with van der Waals surface area (Å²) in [4.78, 5) is 17.1. The smallest absolute Gasteiger partial charge is 0.416 e. The summed E-state index contributed by atoms with van der Waals surface area (Å²) in [5.74, 6) is -0.0574. The van der Waals surface area contributed by atoms with Gasteiger partial charge in [0.25, 0.3) is 5.91 Å². The van der Waals surface area contributed by atoms with Crippen molar-refractivity contribution in [1.29, 1.82) is 0 Å². The van der Waals surface area contributed by atoms with Gasteiger partial charge in [-0.15, -0.1) is 5.10 Å². The summed E-state index contributed by atoms with van der Waals surface area (Å²) in [6, 6.07) is 18.1. The molecule has 1 heterocycles. The molecule has 0 bridgehead atoms. The van der Waals surface area contributed by atoms with Crippen molar-refractivity contribution in [2.24, 2.45) is 0 Å². The summed E-state index contributed by atoms with van der Waals surface area (Å²) in [5.41, 5.74) is 0.195. The topological polar surface area (TPSA) is 69.0 Å². The van der Waals surface area contributed by atoms with Crippen molar-refractivity contribution in [3.05, 3.63) is 89.2 Å². The first-order valence-corrected chi connectivity index (χ1v) is 9.99. The Morgan fingerprint density at radius 3 is 2.42 bits per heavy atom. The standard InChI is InChI=1S/C23H16ClF3N4O2/c1-33-17-11-9-14(10-12-17)21-29-20(30-31(21)19-8-3-2-7-18(19)24)22(32)28-16-6-4-5-15(13-16)23(25,26)27/h2-13H,1H3,(H,28,32). The van der Waals surface area contributed by atoms with E-state index in [9.17, 15) is 18.0 Å². The average Bonchev–Trinajstić information content (AvgIpc) is 3.24. The Morgan fingerprint density at radius 1 is 1.03 bits per heavy atom. The van der Waals surface area contributed by atoms with E-state index in [0.29, 0.717) is 27.8 Å². The van der Waals surface area contributed by atoms with E-state index in [1.807, 2.05) is 0 Å². The van der Waals surface area contributed by atoms with Crippen molar-refractivity contribution in [1.82, 2.24) is 14.8 Å². The molecule has 0 unspecified atom stereocenters. The Kier molecular flexibility index (Phi) is 6.06. The monoisotopic (exact) mass is 472 g/mol. The lowest BCUT2D eigenvalue weighted by Crippen LogP contribution is -2.15. The van der Waals surface area contributed by atoms with Crippen LogP contribution in [0.3, 0.4) is 0 Å². The molecule has 33 heavy (non-hydrogen) atoms. The Morgan fingerprint density at radius 2 is 1.76 bits per heavy atom. The van der Waals surface area contributed by atoms with Gasteiger partial charge in [0.05, 0.1) is 23.4 Å².